The summed E-state index contributed by atoms with van der Waals surface area (Å²) in [6, 6.07) is 0. The van der Waals surface area contributed by atoms with Crippen LogP contribution < -0.4 is 0 Å². The van der Waals surface area contributed by atoms with Gasteiger partial charge in [-0.2, -0.15) is 0 Å². The van der Waals surface area contributed by atoms with E-state index in [0.717, 1.165) is 11.8 Å². The van der Waals surface area contributed by atoms with Gasteiger partial charge in [0.05, 0.1) is 16.0 Å². The molecule has 0 N–H and O–H groups in total. The monoisotopic (exact) mass is 308 g/mol. The Labute approximate surface area is 95.9 Å². The molecule has 1 heterocycles. The number of rotatable bonds is 0. The second kappa shape index (κ2) is 2.35. The zero-order chi connectivity index (χ0) is 9.43. The molecule has 0 spiro atoms. The number of halogens is 2. The number of hydrogen-bond acceptors (Lipinski definition) is 1. The molecular weight excluding hydrogens is 296 g/mol. The first-order valence-corrected chi connectivity index (χ1v) is 6.68. The highest BCUT2D eigenvalue weighted by atomic mass is 79.9. The average molecular weight is 310 g/mol. The molecule has 3 aliphatic rings. The summed E-state index contributed by atoms with van der Waals surface area (Å²) in [5.74, 6) is 1.71. The molecule has 0 aromatic heterocycles. The molecule has 0 aromatic rings. The van der Waals surface area contributed by atoms with Gasteiger partial charge in [0.25, 0.3) is 0 Å². The van der Waals surface area contributed by atoms with Crippen LogP contribution >= 0.6 is 31.9 Å². The van der Waals surface area contributed by atoms with Crippen molar-refractivity contribution in [1.29, 1.82) is 0 Å². The minimum atomic E-state index is 0.0216. The second-order valence-electron chi connectivity index (χ2n) is 5.14. The number of fused-ring (bicyclic) bond motifs is 2. The minimum Gasteiger partial charge on any atom is -0.370 e. The lowest BCUT2D eigenvalue weighted by Crippen LogP contribution is -2.47. The highest BCUT2D eigenvalue weighted by Crippen LogP contribution is 2.73. The van der Waals surface area contributed by atoms with Crippen molar-refractivity contribution in [2.45, 2.75) is 47.5 Å². The highest BCUT2D eigenvalue weighted by Gasteiger charge is 2.76. The molecule has 0 aromatic carbocycles. The zero-order valence-electron chi connectivity index (χ0n) is 7.89. The van der Waals surface area contributed by atoms with Gasteiger partial charge < -0.3 is 4.74 Å². The summed E-state index contributed by atoms with van der Waals surface area (Å²) in [5, 5.41) is 0. The van der Waals surface area contributed by atoms with Gasteiger partial charge in [-0.15, -0.1) is 0 Å². The Morgan fingerprint density at radius 1 is 1.23 bits per heavy atom. The van der Waals surface area contributed by atoms with Gasteiger partial charge in [0.15, 0.2) is 0 Å². The number of ether oxygens (including phenoxy) is 1. The van der Waals surface area contributed by atoms with Crippen LogP contribution in [0.4, 0.5) is 0 Å². The van der Waals surface area contributed by atoms with Crippen molar-refractivity contribution in [1.82, 2.24) is 0 Å². The van der Waals surface area contributed by atoms with E-state index in [1.165, 1.54) is 12.8 Å². The average Bonchev–Trinajstić information content (AvgIpc) is 2.60. The summed E-state index contributed by atoms with van der Waals surface area (Å²) in [4.78, 5) is 0.579. The Balaban J connectivity index is 2.02. The fraction of sp³-hybridized carbons (Fsp3) is 1.00. The van der Waals surface area contributed by atoms with E-state index in [-0.39, 0.29) is 5.60 Å². The molecule has 2 bridgehead atoms. The van der Waals surface area contributed by atoms with Crippen LogP contribution in [0.1, 0.15) is 26.7 Å². The van der Waals surface area contributed by atoms with Gasteiger partial charge in [-0.25, -0.2) is 0 Å². The lowest BCUT2D eigenvalue weighted by atomic mass is 9.93. The summed E-state index contributed by atoms with van der Waals surface area (Å²) in [6.45, 7) is 4.46. The third-order valence-corrected chi connectivity index (χ3v) is 7.29. The van der Waals surface area contributed by atoms with Crippen molar-refractivity contribution >= 4 is 31.9 Å². The van der Waals surface area contributed by atoms with Gasteiger partial charge in [0.2, 0.25) is 0 Å². The lowest BCUT2D eigenvalue weighted by molar-refractivity contribution is -0.0997. The van der Waals surface area contributed by atoms with Gasteiger partial charge >= 0.3 is 0 Å². The predicted molar refractivity (Wildman–Crippen MR) is 59.5 cm³/mol. The van der Waals surface area contributed by atoms with E-state index in [2.05, 4.69) is 45.7 Å². The molecule has 1 nitrogen and oxygen atoms in total. The fourth-order valence-corrected chi connectivity index (χ4v) is 5.15. The Morgan fingerprint density at radius 2 is 1.85 bits per heavy atom. The van der Waals surface area contributed by atoms with Crippen LogP contribution in [0.3, 0.4) is 0 Å². The summed E-state index contributed by atoms with van der Waals surface area (Å²) < 4.78 is 6.43. The first-order valence-electron chi connectivity index (χ1n) is 4.97. The standard InChI is InChI=1S/C10H14Br2O/c1-9(2)10(12)5-3-7(11)8(13-9)4-6(5)10/h5-8H,3-4H2,1-2H3. The number of hydrogen-bond donors (Lipinski definition) is 0. The Bertz CT molecular complexity index is 266. The molecule has 3 fully saturated rings. The van der Waals surface area contributed by atoms with E-state index < -0.39 is 0 Å². The van der Waals surface area contributed by atoms with E-state index in [9.17, 15) is 0 Å². The van der Waals surface area contributed by atoms with Crippen molar-refractivity contribution in [3.05, 3.63) is 0 Å². The van der Waals surface area contributed by atoms with E-state index in [1.807, 2.05) is 0 Å². The van der Waals surface area contributed by atoms with Crippen molar-refractivity contribution in [3.63, 3.8) is 0 Å². The largest absolute Gasteiger partial charge is 0.370 e. The minimum absolute atomic E-state index is 0.0216. The Kier molecular flexibility index (Phi) is 1.66. The molecule has 1 aliphatic heterocycles. The molecule has 3 heteroatoms. The normalized spacial score (nSPS) is 61.8. The molecule has 1 saturated heterocycles. The smallest absolute Gasteiger partial charge is 0.0788 e. The highest BCUT2D eigenvalue weighted by molar-refractivity contribution is 9.10. The second-order valence-corrected chi connectivity index (χ2v) is 7.62. The summed E-state index contributed by atoms with van der Waals surface area (Å²) >= 11 is 7.66. The maximum atomic E-state index is 6.14. The summed E-state index contributed by atoms with van der Waals surface area (Å²) in [7, 11) is 0. The molecule has 13 heavy (non-hydrogen) atoms. The quantitative estimate of drug-likeness (QED) is 0.625. The van der Waals surface area contributed by atoms with E-state index >= 15 is 0 Å². The topological polar surface area (TPSA) is 9.23 Å². The predicted octanol–water partition coefficient (Wildman–Crippen LogP) is 3.10. The maximum absolute atomic E-state index is 6.14. The molecule has 2 saturated carbocycles. The Morgan fingerprint density at radius 3 is 2.54 bits per heavy atom. The maximum Gasteiger partial charge on any atom is 0.0788 e. The third kappa shape index (κ3) is 0.920. The van der Waals surface area contributed by atoms with Crippen LogP contribution in [0.5, 0.6) is 0 Å². The van der Waals surface area contributed by atoms with Crippen LogP contribution in [0.25, 0.3) is 0 Å². The first kappa shape index (κ1) is 9.17. The molecule has 0 amide bonds. The Hall–Kier alpha value is 0.920. The van der Waals surface area contributed by atoms with Crippen molar-refractivity contribution in [2.24, 2.45) is 11.8 Å². The molecule has 2 aliphatic carbocycles. The molecule has 3 rings (SSSR count). The van der Waals surface area contributed by atoms with Gasteiger partial charge in [0.1, 0.15) is 0 Å². The molecule has 74 valence electrons. The van der Waals surface area contributed by atoms with E-state index in [0.29, 0.717) is 15.3 Å². The first-order chi connectivity index (χ1) is 5.97. The summed E-state index contributed by atoms with van der Waals surface area (Å²) in [5.41, 5.74) is 0.0216. The molecule has 5 unspecified atom stereocenters. The van der Waals surface area contributed by atoms with E-state index in [1.54, 1.807) is 0 Å². The van der Waals surface area contributed by atoms with Gasteiger partial charge in [-0.3, -0.25) is 0 Å². The van der Waals surface area contributed by atoms with Crippen molar-refractivity contribution < 1.29 is 4.74 Å². The van der Waals surface area contributed by atoms with Gasteiger partial charge in [-0.1, -0.05) is 31.9 Å². The molecule has 0 radical (unpaired) electrons. The summed E-state index contributed by atoms with van der Waals surface area (Å²) in [6.07, 6.45) is 2.98. The zero-order valence-corrected chi connectivity index (χ0v) is 11.1. The van der Waals surface area contributed by atoms with Crippen LogP contribution in [0, 0.1) is 11.8 Å². The third-order valence-electron chi connectivity index (χ3n) is 4.19. The fourth-order valence-electron chi connectivity index (χ4n) is 3.45. The van der Waals surface area contributed by atoms with Crippen LogP contribution in [-0.2, 0) is 4.74 Å². The molecule has 5 atom stereocenters. The molecular formula is C10H14Br2O. The van der Waals surface area contributed by atoms with Crippen molar-refractivity contribution in [3.8, 4) is 0 Å². The van der Waals surface area contributed by atoms with E-state index in [4.69, 9.17) is 4.74 Å². The van der Waals surface area contributed by atoms with Crippen LogP contribution in [0.2, 0.25) is 0 Å². The SMILES string of the molecule is CC1(C)OC2CC3C(CC2Br)C31Br. The van der Waals surface area contributed by atoms with Gasteiger partial charge in [-0.05, 0) is 38.5 Å². The van der Waals surface area contributed by atoms with Crippen molar-refractivity contribution in [2.75, 3.05) is 0 Å². The number of alkyl halides is 2. The van der Waals surface area contributed by atoms with Crippen LogP contribution in [-0.4, -0.2) is 20.9 Å². The lowest BCUT2D eigenvalue weighted by Gasteiger charge is -2.40. The van der Waals surface area contributed by atoms with Gasteiger partial charge in [0, 0.05) is 4.83 Å². The van der Waals surface area contributed by atoms with Crippen LogP contribution in [0.15, 0.2) is 0 Å².